The van der Waals surface area contributed by atoms with Crippen molar-refractivity contribution in [2.24, 2.45) is 0 Å². The monoisotopic (exact) mass is 898 g/mol. The van der Waals surface area contributed by atoms with Gasteiger partial charge in [-0.25, -0.2) is 0 Å². The van der Waals surface area contributed by atoms with Crippen LogP contribution in [0.25, 0.3) is 0 Å². The van der Waals surface area contributed by atoms with Crippen molar-refractivity contribution >= 4 is 11.9 Å². The second-order valence-corrected chi connectivity index (χ2v) is 18.9. The van der Waals surface area contributed by atoms with Crippen molar-refractivity contribution < 1.29 is 24.5 Å². The number of carbonyl (C=O) groups is 2. The van der Waals surface area contributed by atoms with Gasteiger partial charge in [0.05, 0.1) is 25.4 Å². The van der Waals surface area contributed by atoms with Gasteiger partial charge in [0.15, 0.2) is 0 Å². The Morgan fingerprint density at radius 3 is 1.27 bits per heavy atom. The highest BCUT2D eigenvalue weighted by molar-refractivity contribution is 5.76. The van der Waals surface area contributed by atoms with Gasteiger partial charge in [-0.2, -0.15) is 0 Å². The molecule has 3 N–H and O–H groups in total. The van der Waals surface area contributed by atoms with Crippen LogP contribution in [-0.2, 0) is 14.3 Å². The lowest BCUT2D eigenvalue weighted by atomic mass is 10.0. The zero-order chi connectivity index (χ0) is 46.5. The van der Waals surface area contributed by atoms with E-state index in [1.807, 2.05) is 6.08 Å². The Balaban J connectivity index is 3.49. The van der Waals surface area contributed by atoms with E-state index in [2.05, 4.69) is 55.6 Å². The Morgan fingerprint density at radius 1 is 0.438 bits per heavy atom. The smallest absolute Gasteiger partial charge is 0.305 e. The number of carbonyl (C=O) groups excluding carboxylic acids is 2. The van der Waals surface area contributed by atoms with Crippen LogP contribution >= 0.6 is 0 Å². The van der Waals surface area contributed by atoms with E-state index >= 15 is 0 Å². The number of hydrogen-bond acceptors (Lipinski definition) is 5. The van der Waals surface area contributed by atoms with Gasteiger partial charge in [-0.05, 0) is 83.5 Å². The van der Waals surface area contributed by atoms with Crippen LogP contribution in [0.5, 0.6) is 0 Å². The number of allylic oxidation sites excluding steroid dienone is 7. The summed E-state index contributed by atoms with van der Waals surface area (Å²) in [6, 6.07) is -0.636. The molecule has 0 aliphatic heterocycles. The van der Waals surface area contributed by atoms with Gasteiger partial charge in [0, 0.05) is 12.8 Å². The first-order valence-corrected chi connectivity index (χ1v) is 27.9. The third-order valence-electron chi connectivity index (χ3n) is 12.5. The molecule has 0 aliphatic carbocycles. The average Bonchev–Trinajstić information content (AvgIpc) is 3.29. The summed E-state index contributed by atoms with van der Waals surface area (Å²) in [4.78, 5) is 24.4. The molecule has 0 spiro atoms. The summed E-state index contributed by atoms with van der Waals surface area (Å²) in [5, 5.41) is 23.1. The number of aliphatic hydroxyl groups excluding tert-OH is 2. The van der Waals surface area contributed by atoms with Crippen LogP contribution in [0, 0.1) is 0 Å². The topological polar surface area (TPSA) is 95.9 Å². The van der Waals surface area contributed by atoms with E-state index in [1.54, 1.807) is 6.08 Å². The van der Waals surface area contributed by atoms with Crippen LogP contribution < -0.4 is 5.32 Å². The summed E-state index contributed by atoms with van der Waals surface area (Å²) in [7, 11) is 0. The van der Waals surface area contributed by atoms with Gasteiger partial charge < -0.3 is 20.3 Å². The number of rotatable bonds is 51. The van der Waals surface area contributed by atoms with Crippen LogP contribution in [0.4, 0.5) is 0 Å². The molecule has 0 heterocycles. The summed E-state index contributed by atoms with van der Waals surface area (Å²) < 4.78 is 5.45. The molecule has 0 bridgehead atoms. The van der Waals surface area contributed by atoms with Gasteiger partial charge in [0.1, 0.15) is 0 Å². The Morgan fingerprint density at radius 2 is 0.812 bits per heavy atom. The average molecular weight is 898 g/mol. The van der Waals surface area contributed by atoms with Gasteiger partial charge in [0.2, 0.25) is 5.91 Å². The first-order chi connectivity index (χ1) is 31.5. The van der Waals surface area contributed by atoms with Crippen molar-refractivity contribution in [2.75, 3.05) is 13.2 Å². The predicted molar refractivity (Wildman–Crippen MR) is 278 cm³/mol. The maximum atomic E-state index is 12.4. The minimum Gasteiger partial charge on any atom is -0.466 e. The standard InChI is InChI=1S/C58H107NO5/c1-3-5-7-9-11-13-15-17-23-27-30-34-38-42-46-50-56(61)55(54-60)59-57(62)51-47-43-39-35-31-28-24-21-19-18-20-22-25-29-33-37-41-45-49-53-64-58(63)52-48-44-40-36-32-26-16-14-12-10-8-6-4-2/h8,10,14,16,18-19,46,50,55-56,60-61H,3-7,9,11-13,15,17,20-45,47-49,51-54H2,1-2H3,(H,59,62)/b10-8-,16-14-,19-18-,50-46+. The largest absolute Gasteiger partial charge is 0.466 e. The van der Waals surface area contributed by atoms with Crippen LogP contribution in [0.1, 0.15) is 284 Å². The molecule has 0 radical (unpaired) electrons. The Kier molecular flexibility index (Phi) is 51.6. The second-order valence-electron chi connectivity index (χ2n) is 18.9. The van der Waals surface area contributed by atoms with Crippen molar-refractivity contribution in [1.82, 2.24) is 5.32 Å². The fraction of sp³-hybridized carbons (Fsp3) is 0.828. The number of unbranched alkanes of at least 4 members (excludes halogenated alkanes) is 34. The van der Waals surface area contributed by atoms with Crippen molar-refractivity contribution in [2.45, 2.75) is 296 Å². The van der Waals surface area contributed by atoms with Crippen molar-refractivity contribution in [3.05, 3.63) is 48.6 Å². The van der Waals surface area contributed by atoms with Crippen molar-refractivity contribution in [1.29, 1.82) is 0 Å². The quantitative estimate of drug-likeness (QED) is 0.0321. The van der Waals surface area contributed by atoms with Crippen LogP contribution in [-0.4, -0.2) is 47.4 Å². The second kappa shape index (κ2) is 53.4. The highest BCUT2D eigenvalue weighted by Gasteiger charge is 2.18. The molecule has 0 saturated carbocycles. The molecule has 64 heavy (non-hydrogen) atoms. The van der Waals surface area contributed by atoms with E-state index in [0.717, 1.165) is 64.2 Å². The number of nitrogens with one attached hydrogen (secondary N) is 1. The molecule has 0 saturated heterocycles. The van der Waals surface area contributed by atoms with E-state index in [-0.39, 0.29) is 18.5 Å². The number of amides is 1. The zero-order valence-corrected chi connectivity index (χ0v) is 42.5. The molecule has 6 heteroatoms. The fourth-order valence-electron chi connectivity index (χ4n) is 8.25. The van der Waals surface area contributed by atoms with Gasteiger partial charge in [-0.1, -0.05) is 236 Å². The van der Waals surface area contributed by atoms with Gasteiger partial charge in [-0.3, -0.25) is 9.59 Å². The number of aliphatic hydroxyl groups is 2. The van der Waals surface area contributed by atoms with E-state index < -0.39 is 12.1 Å². The van der Waals surface area contributed by atoms with E-state index in [9.17, 15) is 19.8 Å². The molecule has 0 aromatic heterocycles. The summed E-state index contributed by atoms with van der Waals surface area (Å²) in [6.07, 6.45) is 66.9. The molecule has 0 fully saturated rings. The Hall–Kier alpha value is -2.18. The summed E-state index contributed by atoms with van der Waals surface area (Å²) in [6.45, 7) is 4.82. The molecule has 2 atom stereocenters. The lowest BCUT2D eigenvalue weighted by molar-refractivity contribution is -0.143. The summed E-state index contributed by atoms with van der Waals surface area (Å²) in [5.74, 6) is -0.0911. The molecular weight excluding hydrogens is 791 g/mol. The Labute approximate surface area is 397 Å². The van der Waals surface area contributed by atoms with Gasteiger partial charge >= 0.3 is 5.97 Å². The third-order valence-corrected chi connectivity index (χ3v) is 12.5. The molecule has 2 unspecified atom stereocenters. The van der Waals surface area contributed by atoms with Gasteiger partial charge in [-0.15, -0.1) is 0 Å². The maximum Gasteiger partial charge on any atom is 0.305 e. The lowest BCUT2D eigenvalue weighted by Crippen LogP contribution is -2.45. The minimum absolute atomic E-state index is 0.0129. The van der Waals surface area contributed by atoms with E-state index in [0.29, 0.717) is 19.4 Å². The molecule has 6 nitrogen and oxygen atoms in total. The van der Waals surface area contributed by atoms with E-state index in [4.69, 9.17) is 4.74 Å². The highest BCUT2D eigenvalue weighted by Crippen LogP contribution is 2.15. The molecule has 0 aliphatic rings. The zero-order valence-electron chi connectivity index (χ0n) is 42.5. The lowest BCUT2D eigenvalue weighted by Gasteiger charge is -2.20. The minimum atomic E-state index is -0.851. The van der Waals surface area contributed by atoms with Crippen molar-refractivity contribution in [3.63, 3.8) is 0 Å². The van der Waals surface area contributed by atoms with Gasteiger partial charge in [0.25, 0.3) is 0 Å². The molecule has 0 aromatic rings. The SMILES string of the molecule is CCC/C=C\C/C=C\CCCCCCCC(=O)OCCCCCCCCCC/C=C\CCCCCCCCCC(=O)NC(CO)C(O)/C=C/CCCCCCCCCCCCCCC. The fourth-order valence-corrected chi connectivity index (χ4v) is 8.25. The number of ether oxygens (including phenoxy) is 1. The normalized spacial score (nSPS) is 13.0. The predicted octanol–water partition coefficient (Wildman–Crippen LogP) is 17.0. The first kappa shape index (κ1) is 61.8. The van der Waals surface area contributed by atoms with Crippen molar-refractivity contribution in [3.8, 4) is 0 Å². The number of hydrogen-bond donors (Lipinski definition) is 3. The summed E-state index contributed by atoms with van der Waals surface area (Å²) >= 11 is 0. The van der Waals surface area contributed by atoms with Crippen LogP contribution in [0.3, 0.4) is 0 Å². The summed E-state index contributed by atoms with van der Waals surface area (Å²) in [5.41, 5.74) is 0. The maximum absolute atomic E-state index is 12.4. The molecule has 0 rings (SSSR count). The third kappa shape index (κ3) is 49.3. The Bertz CT molecular complexity index is 1080. The molecular formula is C58H107NO5. The van der Waals surface area contributed by atoms with Crippen LogP contribution in [0.2, 0.25) is 0 Å². The first-order valence-electron chi connectivity index (χ1n) is 27.9. The van der Waals surface area contributed by atoms with E-state index in [1.165, 1.54) is 193 Å². The molecule has 374 valence electrons. The highest BCUT2D eigenvalue weighted by atomic mass is 16.5. The number of esters is 1. The molecule has 1 amide bonds. The molecule has 0 aromatic carbocycles. The van der Waals surface area contributed by atoms with Crippen LogP contribution in [0.15, 0.2) is 48.6 Å².